The average Bonchev–Trinajstić information content (AvgIpc) is 2.56. The maximum Gasteiger partial charge on any atom is 0.573 e. The Hall–Kier alpha value is -2.77. The number of nitrogens with one attached hydrogen (secondary N) is 1. The second kappa shape index (κ2) is 7.87. The van der Waals surface area contributed by atoms with E-state index >= 15 is 0 Å². The lowest BCUT2D eigenvalue weighted by Crippen LogP contribution is -2.22. The number of carbonyl (C=O) groups excluding carboxylic acids is 1. The van der Waals surface area contributed by atoms with Crippen molar-refractivity contribution in [3.63, 3.8) is 0 Å². The lowest BCUT2D eigenvalue weighted by Gasteiger charge is -2.19. The van der Waals surface area contributed by atoms with Crippen molar-refractivity contribution in [3.8, 4) is 5.75 Å². The summed E-state index contributed by atoms with van der Waals surface area (Å²) in [6.07, 6.45) is -3.23. The molecule has 0 spiro atoms. The minimum absolute atomic E-state index is 0.211. The number of hydrogen-bond donors (Lipinski definition) is 1. The zero-order chi connectivity index (χ0) is 18.4. The molecular formula is C17H18F3N3O2. The molecule has 1 aromatic heterocycles. The van der Waals surface area contributed by atoms with Gasteiger partial charge in [-0.15, -0.1) is 13.2 Å². The first-order valence-corrected chi connectivity index (χ1v) is 7.70. The van der Waals surface area contributed by atoms with Gasteiger partial charge in [-0.3, -0.25) is 4.79 Å². The van der Waals surface area contributed by atoms with E-state index < -0.39 is 12.3 Å². The number of ether oxygens (including phenoxy) is 1. The van der Waals surface area contributed by atoms with Crippen molar-refractivity contribution in [2.24, 2.45) is 0 Å². The van der Waals surface area contributed by atoms with E-state index in [4.69, 9.17) is 0 Å². The highest BCUT2D eigenvalue weighted by Crippen LogP contribution is 2.23. The summed E-state index contributed by atoms with van der Waals surface area (Å²) in [5, 5.41) is 2.65. The molecule has 5 nitrogen and oxygen atoms in total. The van der Waals surface area contributed by atoms with Gasteiger partial charge in [-0.2, -0.15) is 0 Å². The van der Waals surface area contributed by atoms with Crippen molar-refractivity contribution in [1.82, 2.24) is 4.98 Å². The van der Waals surface area contributed by atoms with Crippen LogP contribution >= 0.6 is 0 Å². The van der Waals surface area contributed by atoms with Crippen LogP contribution in [0.3, 0.4) is 0 Å². The Balaban J connectivity index is 2.02. The van der Waals surface area contributed by atoms with Gasteiger partial charge >= 0.3 is 6.36 Å². The van der Waals surface area contributed by atoms with Gasteiger partial charge in [0.1, 0.15) is 11.6 Å². The van der Waals surface area contributed by atoms with Crippen LogP contribution in [0.25, 0.3) is 0 Å². The Morgan fingerprint density at radius 3 is 2.24 bits per heavy atom. The smallest absolute Gasteiger partial charge is 0.406 e. The van der Waals surface area contributed by atoms with Crippen LogP contribution in [-0.4, -0.2) is 30.3 Å². The number of anilines is 2. The van der Waals surface area contributed by atoms with Gasteiger partial charge in [0, 0.05) is 18.7 Å². The number of halogens is 3. The number of benzene rings is 1. The second-order valence-electron chi connectivity index (χ2n) is 5.10. The molecule has 2 rings (SSSR count). The summed E-state index contributed by atoms with van der Waals surface area (Å²) in [6.45, 7) is 5.68. The maximum atomic E-state index is 12.1. The minimum Gasteiger partial charge on any atom is -0.406 e. The summed E-state index contributed by atoms with van der Waals surface area (Å²) in [5.74, 6) is -0.0260. The summed E-state index contributed by atoms with van der Waals surface area (Å²) >= 11 is 0. The van der Waals surface area contributed by atoms with Crippen LogP contribution < -0.4 is 15.0 Å². The molecule has 0 aliphatic heterocycles. The van der Waals surface area contributed by atoms with Gasteiger partial charge in [-0.05, 0) is 50.2 Å². The summed E-state index contributed by atoms with van der Waals surface area (Å²) < 4.78 is 40.1. The first kappa shape index (κ1) is 18.6. The molecule has 1 N–H and O–H groups in total. The zero-order valence-corrected chi connectivity index (χ0v) is 13.8. The first-order valence-electron chi connectivity index (χ1n) is 7.70. The highest BCUT2D eigenvalue weighted by atomic mass is 19.4. The van der Waals surface area contributed by atoms with Crippen LogP contribution in [0.4, 0.5) is 24.7 Å². The molecule has 0 bridgehead atoms. The number of rotatable bonds is 6. The van der Waals surface area contributed by atoms with Gasteiger partial charge in [0.2, 0.25) is 0 Å². The molecule has 1 aromatic carbocycles. The van der Waals surface area contributed by atoms with Crippen molar-refractivity contribution >= 4 is 17.4 Å². The quantitative estimate of drug-likeness (QED) is 0.850. The number of nitrogens with zero attached hydrogens (tertiary/aromatic N) is 2. The fourth-order valence-electron chi connectivity index (χ4n) is 2.21. The molecule has 0 saturated heterocycles. The Kier molecular flexibility index (Phi) is 5.84. The molecule has 25 heavy (non-hydrogen) atoms. The summed E-state index contributed by atoms with van der Waals surface area (Å²) in [5.41, 5.74) is 0.707. The van der Waals surface area contributed by atoms with Crippen LogP contribution in [0.5, 0.6) is 5.75 Å². The molecule has 0 atom stereocenters. The molecule has 8 heteroatoms. The fourth-order valence-corrected chi connectivity index (χ4v) is 2.21. The lowest BCUT2D eigenvalue weighted by atomic mass is 10.2. The number of amides is 1. The van der Waals surface area contributed by atoms with E-state index in [0.29, 0.717) is 5.69 Å². The van der Waals surface area contributed by atoms with Crippen LogP contribution in [0.1, 0.15) is 24.2 Å². The Bertz CT molecular complexity index is 697. The van der Waals surface area contributed by atoms with E-state index in [1.807, 2.05) is 13.8 Å². The minimum atomic E-state index is -4.76. The molecule has 134 valence electrons. The molecule has 2 aromatic rings. The van der Waals surface area contributed by atoms with Gasteiger partial charge in [0.15, 0.2) is 0 Å². The first-order chi connectivity index (χ1) is 11.8. The zero-order valence-electron chi connectivity index (χ0n) is 13.8. The molecule has 0 aliphatic carbocycles. The van der Waals surface area contributed by atoms with E-state index in [1.165, 1.54) is 18.3 Å². The monoisotopic (exact) mass is 353 g/mol. The lowest BCUT2D eigenvalue weighted by molar-refractivity contribution is -0.274. The largest absolute Gasteiger partial charge is 0.573 e. The van der Waals surface area contributed by atoms with Gasteiger partial charge in [-0.25, -0.2) is 4.98 Å². The molecule has 1 heterocycles. The molecule has 0 radical (unpaired) electrons. The Morgan fingerprint density at radius 2 is 1.76 bits per heavy atom. The summed E-state index contributed by atoms with van der Waals surface area (Å²) in [4.78, 5) is 18.5. The topological polar surface area (TPSA) is 54.5 Å². The summed E-state index contributed by atoms with van der Waals surface area (Å²) in [7, 11) is 0. The molecule has 0 fully saturated rings. The van der Waals surface area contributed by atoms with Crippen molar-refractivity contribution in [1.29, 1.82) is 0 Å². The highest BCUT2D eigenvalue weighted by Gasteiger charge is 2.31. The van der Waals surface area contributed by atoms with E-state index in [2.05, 4.69) is 19.9 Å². The van der Waals surface area contributed by atoms with Crippen LogP contribution in [0.15, 0.2) is 42.6 Å². The van der Waals surface area contributed by atoms with Crippen molar-refractivity contribution in [3.05, 3.63) is 48.2 Å². The van der Waals surface area contributed by atoms with E-state index in [9.17, 15) is 18.0 Å². The van der Waals surface area contributed by atoms with Gasteiger partial charge < -0.3 is 15.0 Å². The van der Waals surface area contributed by atoms with Crippen LogP contribution in [0.2, 0.25) is 0 Å². The molecule has 0 saturated carbocycles. The fraction of sp³-hybridized carbons (Fsp3) is 0.294. The van der Waals surface area contributed by atoms with Crippen LogP contribution in [0, 0.1) is 0 Å². The Morgan fingerprint density at radius 1 is 1.12 bits per heavy atom. The number of pyridine rings is 1. The maximum absolute atomic E-state index is 12.1. The third kappa shape index (κ3) is 5.37. The predicted octanol–water partition coefficient (Wildman–Crippen LogP) is 4.08. The normalized spacial score (nSPS) is 11.1. The molecule has 0 unspecified atom stereocenters. The number of hydrogen-bond acceptors (Lipinski definition) is 4. The SMILES string of the molecule is CCN(CC)c1ccc(NC(=O)c2ccc(OC(F)(F)F)cc2)cn1. The number of alkyl halides is 3. The predicted molar refractivity (Wildman–Crippen MR) is 88.9 cm³/mol. The summed E-state index contributed by atoms with van der Waals surface area (Å²) in [6, 6.07) is 8.21. The molecule has 1 amide bonds. The van der Waals surface area contributed by atoms with E-state index in [0.717, 1.165) is 31.0 Å². The van der Waals surface area contributed by atoms with Gasteiger partial charge in [0.05, 0.1) is 11.9 Å². The number of carbonyl (C=O) groups is 1. The average molecular weight is 353 g/mol. The van der Waals surface area contributed by atoms with Gasteiger partial charge in [-0.1, -0.05) is 0 Å². The van der Waals surface area contributed by atoms with E-state index in [-0.39, 0.29) is 11.3 Å². The number of aromatic nitrogens is 1. The third-order valence-electron chi connectivity index (χ3n) is 3.44. The Labute approximate surface area is 143 Å². The standard InChI is InChI=1S/C17H18F3N3O2/c1-3-23(4-2)15-10-7-13(11-21-15)22-16(24)12-5-8-14(9-6-12)25-17(18,19)20/h5-11H,3-4H2,1-2H3,(H,22,24). The molecule has 0 aliphatic rings. The third-order valence-corrected chi connectivity index (χ3v) is 3.44. The molecular weight excluding hydrogens is 335 g/mol. The van der Waals surface area contributed by atoms with Crippen molar-refractivity contribution < 1.29 is 22.7 Å². The van der Waals surface area contributed by atoms with Crippen molar-refractivity contribution in [2.45, 2.75) is 20.2 Å². The highest BCUT2D eigenvalue weighted by molar-refractivity contribution is 6.04. The van der Waals surface area contributed by atoms with E-state index in [1.54, 1.807) is 12.1 Å². The van der Waals surface area contributed by atoms with Crippen LogP contribution in [-0.2, 0) is 0 Å². The van der Waals surface area contributed by atoms with Crippen molar-refractivity contribution in [2.75, 3.05) is 23.3 Å². The van der Waals surface area contributed by atoms with Gasteiger partial charge in [0.25, 0.3) is 5.91 Å². The second-order valence-corrected chi connectivity index (χ2v) is 5.10.